The summed E-state index contributed by atoms with van der Waals surface area (Å²) in [7, 11) is 0. The van der Waals surface area contributed by atoms with E-state index in [2.05, 4.69) is 164 Å². The van der Waals surface area contributed by atoms with E-state index >= 15 is 0 Å². The lowest BCUT2D eigenvalue weighted by Crippen LogP contribution is -2.37. The Morgan fingerprint density at radius 1 is 0.643 bits per heavy atom. The van der Waals surface area contributed by atoms with E-state index in [0.29, 0.717) is 11.4 Å². The Morgan fingerprint density at radius 3 is 2.09 bits per heavy atom. The highest BCUT2D eigenvalue weighted by Gasteiger charge is 2.28. The smallest absolute Gasteiger partial charge is 0.286 e. The van der Waals surface area contributed by atoms with Gasteiger partial charge in [0.05, 0.1) is 28.8 Å². The Balaban J connectivity index is 1.34. The van der Waals surface area contributed by atoms with Crippen LogP contribution in [0, 0.1) is 6.33 Å². The molecule has 1 N–H and O–H groups in total. The largest absolute Gasteiger partial charge is 0.513 e. The molecule has 8 aromatic rings. The number of hydrogen-bond acceptors (Lipinski definition) is 3. The number of fused-ring (bicyclic) bond motifs is 3. The minimum absolute atomic E-state index is 0.0585. The van der Waals surface area contributed by atoms with Gasteiger partial charge in [-0.2, -0.15) is 0 Å². The van der Waals surface area contributed by atoms with E-state index in [9.17, 15) is 5.11 Å². The van der Waals surface area contributed by atoms with Crippen LogP contribution in [0.15, 0.2) is 134 Å². The summed E-state index contributed by atoms with van der Waals surface area (Å²) in [5.74, 6) is 0.850. The Bertz CT molecular complexity index is 2680. The molecule has 6 heteroatoms. The van der Waals surface area contributed by atoms with Gasteiger partial charge in [0.2, 0.25) is 0 Å². The van der Waals surface area contributed by atoms with Gasteiger partial charge in [0.25, 0.3) is 6.33 Å². The fraction of sp³-hybridized carbons (Fsp3) is 0.240. The topological polar surface area (TPSA) is 56.1 Å². The van der Waals surface area contributed by atoms with Gasteiger partial charge in [-0.3, -0.25) is 4.57 Å². The van der Waals surface area contributed by atoms with Crippen LogP contribution >= 0.6 is 0 Å². The van der Waals surface area contributed by atoms with Crippen LogP contribution in [0.2, 0.25) is 0 Å². The summed E-state index contributed by atoms with van der Waals surface area (Å²) in [6.45, 7) is 19.8. The van der Waals surface area contributed by atoms with E-state index in [0.717, 1.165) is 61.1 Å². The number of phenols is 1. The molecule has 0 aliphatic carbocycles. The molecule has 0 saturated heterocycles. The minimum atomic E-state index is -0.314. The maximum Gasteiger partial charge on any atom is 0.286 e. The summed E-state index contributed by atoms with van der Waals surface area (Å²) >= 11 is 0. The second kappa shape index (κ2) is 13.6. The fourth-order valence-electron chi connectivity index (χ4n) is 7.51. The van der Waals surface area contributed by atoms with Crippen molar-refractivity contribution in [3.63, 3.8) is 0 Å². The Kier molecular flexibility index (Phi) is 8.91. The molecule has 0 aliphatic rings. The van der Waals surface area contributed by atoms with E-state index in [1.165, 1.54) is 5.56 Å². The molecule has 0 saturated carbocycles. The van der Waals surface area contributed by atoms with Gasteiger partial charge >= 0.3 is 0 Å². The zero-order valence-electron chi connectivity index (χ0n) is 33.8. The van der Waals surface area contributed by atoms with Crippen molar-refractivity contribution in [2.45, 2.75) is 78.6 Å². The van der Waals surface area contributed by atoms with Crippen LogP contribution in [0.5, 0.6) is 11.5 Å². The lowest BCUT2D eigenvalue weighted by Gasteiger charge is -2.28. The van der Waals surface area contributed by atoms with Gasteiger partial charge in [0.15, 0.2) is 5.75 Å². The maximum absolute atomic E-state index is 12.2. The van der Waals surface area contributed by atoms with Crippen LogP contribution in [0.25, 0.3) is 55.7 Å². The summed E-state index contributed by atoms with van der Waals surface area (Å²) < 4.78 is 5.76. The second-order valence-corrected chi connectivity index (χ2v) is 17.9. The first kappa shape index (κ1) is 36.8. The molecule has 0 bridgehead atoms. The standard InChI is InChI=1S/C50H50N4O2/c1-48(2,3)34-24-25-39(41(27-34)33-17-11-10-12-18-33)45-31-52(32-53(45)44-29-35(49(4,5)6)28-42(46(44)55)50(7,8)9)56-37-20-15-19-36(30-37)54-43-23-14-13-21-38(43)40-22-16-26-51-47(40)54/h10-31,55H,1-9H3. The highest BCUT2D eigenvalue weighted by molar-refractivity contribution is 6.07. The first-order valence-corrected chi connectivity index (χ1v) is 19.4. The van der Waals surface area contributed by atoms with Gasteiger partial charge in [0.1, 0.15) is 11.4 Å². The maximum atomic E-state index is 12.2. The number of para-hydroxylation sites is 1. The fourth-order valence-corrected chi connectivity index (χ4v) is 7.51. The first-order chi connectivity index (χ1) is 26.6. The number of rotatable bonds is 6. The van der Waals surface area contributed by atoms with Crippen molar-refractivity contribution >= 4 is 21.9 Å². The lowest BCUT2D eigenvalue weighted by atomic mass is 9.79. The van der Waals surface area contributed by atoms with E-state index in [-0.39, 0.29) is 22.0 Å². The van der Waals surface area contributed by atoms with Crippen LogP contribution in [-0.4, -0.2) is 19.2 Å². The normalized spacial score (nSPS) is 12.4. The molecule has 282 valence electrons. The number of benzene rings is 5. The number of phenolic OH excluding ortho intramolecular Hbond substituents is 1. The number of pyridine rings is 1. The Morgan fingerprint density at radius 2 is 1.36 bits per heavy atom. The van der Waals surface area contributed by atoms with E-state index in [1.807, 2.05) is 47.3 Å². The average molecular weight is 739 g/mol. The zero-order chi connectivity index (χ0) is 39.6. The van der Waals surface area contributed by atoms with Crippen molar-refractivity contribution in [2.75, 3.05) is 0 Å². The molecule has 5 aromatic carbocycles. The lowest BCUT2D eigenvalue weighted by molar-refractivity contribution is -0.877. The predicted octanol–water partition coefficient (Wildman–Crippen LogP) is 11.8. The highest BCUT2D eigenvalue weighted by atomic mass is 16.7. The van der Waals surface area contributed by atoms with Crippen molar-refractivity contribution in [1.29, 1.82) is 0 Å². The van der Waals surface area contributed by atoms with Crippen molar-refractivity contribution in [3.05, 3.63) is 157 Å². The summed E-state index contributed by atoms with van der Waals surface area (Å²) in [6, 6.07) is 42.0. The third-order valence-corrected chi connectivity index (χ3v) is 10.6. The van der Waals surface area contributed by atoms with Crippen LogP contribution in [-0.2, 0) is 16.2 Å². The van der Waals surface area contributed by atoms with Gasteiger partial charge in [-0.15, -0.1) is 4.73 Å². The molecule has 0 fully saturated rings. The summed E-state index contributed by atoms with van der Waals surface area (Å²) in [5.41, 5.74) is 10.2. The molecular weight excluding hydrogens is 689 g/mol. The molecule has 6 nitrogen and oxygen atoms in total. The van der Waals surface area contributed by atoms with E-state index in [4.69, 9.17) is 9.82 Å². The van der Waals surface area contributed by atoms with Gasteiger partial charge < -0.3 is 14.5 Å². The molecule has 0 spiro atoms. The summed E-state index contributed by atoms with van der Waals surface area (Å²) in [6.07, 6.45) is 7.31. The molecule has 0 aliphatic heterocycles. The molecule has 0 radical (unpaired) electrons. The minimum Gasteiger partial charge on any atom is -0.513 e. The third kappa shape index (κ3) is 6.74. The van der Waals surface area contributed by atoms with Crippen molar-refractivity contribution in [2.24, 2.45) is 0 Å². The van der Waals surface area contributed by atoms with Gasteiger partial charge in [0, 0.05) is 23.0 Å². The third-order valence-electron chi connectivity index (χ3n) is 10.6. The van der Waals surface area contributed by atoms with Gasteiger partial charge in [-0.1, -0.05) is 147 Å². The zero-order valence-corrected chi connectivity index (χ0v) is 33.8. The second-order valence-electron chi connectivity index (χ2n) is 17.9. The van der Waals surface area contributed by atoms with E-state index in [1.54, 1.807) is 4.73 Å². The average Bonchev–Trinajstić information content (AvgIpc) is 3.73. The number of hydrogen-bond donors (Lipinski definition) is 1. The molecule has 3 heterocycles. The van der Waals surface area contributed by atoms with Crippen LogP contribution in [0.4, 0.5) is 0 Å². The molecule has 0 atom stereocenters. The van der Waals surface area contributed by atoms with Gasteiger partial charge in [-0.05, 0) is 80.0 Å². The van der Waals surface area contributed by atoms with Crippen molar-refractivity contribution in [1.82, 2.24) is 14.1 Å². The van der Waals surface area contributed by atoms with Crippen LogP contribution in [0.3, 0.4) is 0 Å². The summed E-state index contributed by atoms with van der Waals surface area (Å²) in [4.78, 5) is 11.5. The Labute approximate surface area is 330 Å². The highest BCUT2D eigenvalue weighted by Crippen LogP contribution is 2.42. The Hall–Kier alpha value is -6.14. The number of aromatic nitrogens is 4. The number of nitrogens with zero attached hydrogens (tertiary/aromatic N) is 4. The first-order valence-electron chi connectivity index (χ1n) is 19.4. The summed E-state index contributed by atoms with van der Waals surface area (Å²) in [5, 5.41) is 14.4. The molecule has 0 unspecified atom stereocenters. The van der Waals surface area contributed by atoms with Crippen molar-refractivity contribution < 1.29 is 14.7 Å². The SMILES string of the molecule is CC(C)(C)c1ccc(-c2c[n+](Oc3cccc(-n4c5ccccc5c5cccnc54)c3)[c-]n2-c2cc(C(C)(C)C)cc(C(C)(C)C)c2O)c(-c2ccccc2)c1. The van der Waals surface area contributed by atoms with Crippen LogP contribution in [0.1, 0.15) is 79.0 Å². The number of aromatic hydroxyl groups is 1. The number of imidazole rings is 1. The molecule has 8 rings (SSSR count). The quantitative estimate of drug-likeness (QED) is 0.136. The van der Waals surface area contributed by atoms with E-state index < -0.39 is 0 Å². The van der Waals surface area contributed by atoms with Crippen molar-refractivity contribution in [3.8, 4) is 45.3 Å². The van der Waals surface area contributed by atoms with Gasteiger partial charge in [-0.25, -0.2) is 4.98 Å². The molecule has 56 heavy (non-hydrogen) atoms. The van der Waals surface area contributed by atoms with Crippen LogP contribution < -0.4 is 9.57 Å². The predicted molar refractivity (Wildman–Crippen MR) is 228 cm³/mol. The molecular formula is C50H50N4O2. The molecule has 0 amide bonds. The monoisotopic (exact) mass is 738 g/mol. The molecule has 3 aromatic heterocycles.